The zero-order valence-electron chi connectivity index (χ0n) is 22.6. The number of carbonyl (C=O) groups is 4. The summed E-state index contributed by atoms with van der Waals surface area (Å²) in [7, 11) is 1.43. The van der Waals surface area contributed by atoms with Crippen molar-refractivity contribution >= 4 is 63.7 Å². The monoisotopic (exact) mass is 679 g/mol. The van der Waals surface area contributed by atoms with E-state index < -0.39 is 69.5 Å². The van der Waals surface area contributed by atoms with Crippen LogP contribution in [0.25, 0.3) is 0 Å². The number of rotatable bonds is 9. The first-order valence-corrected chi connectivity index (χ1v) is 15.3. The highest BCUT2D eigenvalue weighted by molar-refractivity contribution is 8.01. The van der Waals surface area contributed by atoms with Gasteiger partial charge in [-0.05, 0) is 5.57 Å². The molecule has 1 fully saturated rings. The number of hydrogen-bond donors (Lipinski definition) is 7. The predicted molar refractivity (Wildman–Crippen MR) is 156 cm³/mol. The maximum Gasteiger partial charge on any atom is 0.352 e. The number of thiazole rings is 1. The molecule has 5 rings (SSSR count). The summed E-state index contributed by atoms with van der Waals surface area (Å²) in [5.41, 5.74) is 3.16. The molecule has 0 radical (unpaired) electrons. The summed E-state index contributed by atoms with van der Waals surface area (Å²) in [6.07, 6.45) is 0.592. The Labute approximate surface area is 262 Å². The second-order valence-corrected chi connectivity index (χ2v) is 12.3. The number of nitrogens with one attached hydrogen (secondary N) is 2. The van der Waals surface area contributed by atoms with E-state index in [1.165, 1.54) is 12.4 Å². The minimum atomic E-state index is -1.56. The Hall–Kier alpha value is -5.09. The standard InChI is InChI=1S/C23H21N9O10S3/c1-30-23(28-17(37)18(38)29-30)45-5-7-4-43-20-13(19(39)32(20)14(7)21(40)41)27-16(36)12(8-6-44-22(24)25-8)26-15(35)9-2-10(33)11(34)3-31(9)42/h2-3,6,12-13,20,34,42H,4-5H2,1H3,(H2,24,25)(H,26,35)(H,27,36)(H,29,38)(H,40,41)/t12?,13-,20-/m1/s1. The van der Waals surface area contributed by atoms with Gasteiger partial charge in [0.15, 0.2) is 22.1 Å². The molecule has 8 N–H and O–H groups in total. The third kappa shape index (κ3) is 6.01. The van der Waals surface area contributed by atoms with Crippen molar-refractivity contribution in [3.63, 3.8) is 0 Å². The van der Waals surface area contributed by atoms with Crippen LogP contribution in [0.5, 0.6) is 11.6 Å². The number of carboxylic acid groups (broad SMARTS) is 1. The van der Waals surface area contributed by atoms with Crippen molar-refractivity contribution in [3.8, 4) is 11.6 Å². The summed E-state index contributed by atoms with van der Waals surface area (Å²) < 4.78 is 1.33. The molecule has 5 heterocycles. The SMILES string of the molecule is Cn1nc(O)c(=O)nc1SCC1=C(C(=O)O)N2C(=O)[C@@H](NC(=O)C(NC(=O)c3cc(=O)c(O)cn3O)c3csc(N)n3)[C@H]2SC1. The lowest BCUT2D eigenvalue weighted by molar-refractivity contribution is -0.151. The molecule has 1 saturated heterocycles. The van der Waals surface area contributed by atoms with Gasteiger partial charge in [-0.25, -0.2) is 14.5 Å². The maximum atomic E-state index is 13.4. The lowest BCUT2D eigenvalue weighted by atomic mass is 10.0. The van der Waals surface area contributed by atoms with Crippen LogP contribution in [0.1, 0.15) is 22.2 Å². The van der Waals surface area contributed by atoms with Gasteiger partial charge in [0, 0.05) is 30.0 Å². The van der Waals surface area contributed by atoms with E-state index in [0.717, 1.165) is 44.4 Å². The number of aromatic hydroxyl groups is 2. The Morgan fingerprint density at radius 1 is 1.22 bits per heavy atom. The van der Waals surface area contributed by atoms with Gasteiger partial charge in [0.2, 0.25) is 11.3 Å². The minimum absolute atomic E-state index is 0.0153. The van der Waals surface area contributed by atoms with Crippen molar-refractivity contribution in [2.45, 2.75) is 22.6 Å². The van der Waals surface area contributed by atoms with Crippen LogP contribution in [0.4, 0.5) is 5.13 Å². The van der Waals surface area contributed by atoms with Gasteiger partial charge in [-0.15, -0.1) is 28.2 Å². The van der Waals surface area contributed by atoms with Crippen LogP contribution >= 0.6 is 34.9 Å². The zero-order valence-corrected chi connectivity index (χ0v) is 25.1. The molecule has 22 heteroatoms. The van der Waals surface area contributed by atoms with E-state index in [4.69, 9.17) is 5.73 Å². The largest absolute Gasteiger partial charge is 0.503 e. The van der Waals surface area contributed by atoms with Crippen molar-refractivity contribution in [1.29, 1.82) is 0 Å². The van der Waals surface area contributed by atoms with E-state index in [1.807, 2.05) is 0 Å². The van der Waals surface area contributed by atoms with E-state index in [0.29, 0.717) is 17.8 Å². The number of β-lactam (4-membered cyclic amide) rings is 1. The molecule has 0 spiro atoms. The number of nitrogens with two attached hydrogens (primary N) is 1. The number of hydrogen-bond acceptors (Lipinski definition) is 16. The molecule has 3 aromatic rings. The highest BCUT2D eigenvalue weighted by atomic mass is 32.2. The molecule has 3 amide bonds. The smallest absolute Gasteiger partial charge is 0.352 e. The summed E-state index contributed by atoms with van der Waals surface area (Å²) in [6, 6.07) is -2.12. The fraction of sp³-hybridized carbons (Fsp3) is 0.261. The summed E-state index contributed by atoms with van der Waals surface area (Å²) in [5, 5.41) is 48.0. The van der Waals surface area contributed by atoms with Crippen LogP contribution in [0.3, 0.4) is 0 Å². The third-order valence-electron chi connectivity index (χ3n) is 6.45. The molecule has 0 saturated carbocycles. The van der Waals surface area contributed by atoms with Crippen molar-refractivity contribution in [2.75, 3.05) is 17.2 Å². The van der Waals surface area contributed by atoms with Gasteiger partial charge in [0.05, 0.1) is 11.9 Å². The molecule has 0 aliphatic carbocycles. The number of fused-ring (bicyclic) bond motifs is 1. The first-order chi connectivity index (χ1) is 21.3. The molecule has 3 aromatic heterocycles. The summed E-state index contributed by atoms with van der Waals surface area (Å²) >= 11 is 3.09. The normalized spacial score (nSPS) is 18.2. The molecule has 0 bridgehead atoms. The van der Waals surface area contributed by atoms with Crippen molar-refractivity contribution in [2.24, 2.45) is 7.05 Å². The second kappa shape index (κ2) is 12.1. The number of aliphatic carboxylic acids is 1. The highest BCUT2D eigenvalue weighted by Gasteiger charge is 2.54. The number of amides is 3. The predicted octanol–water partition coefficient (Wildman–Crippen LogP) is -1.97. The fourth-order valence-corrected chi connectivity index (χ4v) is 7.32. The number of anilines is 1. The Kier molecular flexibility index (Phi) is 8.44. The molecular formula is C23H21N9O10S3. The molecule has 3 atom stereocenters. The Morgan fingerprint density at radius 2 is 1.96 bits per heavy atom. The van der Waals surface area contributed by atoms with E-state index in [1.54, 1.807) is 0 Å². The number of carboxylic acids is 1. The average Bonchev–Trinajstić information content (AvgIpc) is 3.42. The molecule has 45 heavy (non-hydrogen) atoms. The van der Waals surface area contributed by atoms with Crippen LogP contribution in [0.15, 0.2) is 43.7 Å². The number of aryl methyl sites for hydroxylation is 1. The third-order valence-corrected chi connectivity index (χ3v) is 9.59. The van der Waals surface area contributed by atoms with Crippen molar-refractivity contribution < 1.29 is 39.7 Å². The minimum Gasteiger partial charge on any atom is -0.503 e. The number of thioether (sulfide) groups is 2. The van der Waals surface area contributed by atoms with Crippen molar-refractivity contribution in [3.05, 3.63) is 60.9 Å². The van der Waals surface area contributed by atoms with E-state index in [9.17, 15) is 49.3 Å². The first kappa shape index (κ1) is 31.3. The van der Waals surface area contributed by atoms with E-state index in [-0.39, 0.29) is 37.9 Å². The van der Waals surface area contributed by atoms with Gasteiger partial charge in [-0.2, -0.15) is 9.71 Å². The van der Waals surface area contributed by atoms with Gasteiger partial charge >= 0.3 is 11.5 Å². The number of aromatic nitrogens is 5. The van der Waals surface area contributed by atoms with Gasteiger partial charge in [-0.1, -0.05) is 11.8 Å². The number of carbonyl (C=O) groups excluding carboxylic acids is 3. The van der Waals surface area contributed by atoms with Crippen LogP contribution in [0, 0.1) is 0 Å². The van der Waals surface area contributed by atoms with Crippen LogP contribution in [0.2, 0.25) is 0 Å². The van der Waals surface area contributed by atoms with Gasteiger partial charge in [-0.3, -0.25) is 28.9 Å². The Bertz CT molecular complexity index is 1910. The molecule has 1 unspecified atom stereocenters. The lowest BCUT2D eigenvalue weighted by Crippen LogP contribution is -2.71. The van der Waals surface area contributed by atoms with Crippen LogP contribution in [-0.2, 0) is 21.4 Å². The molecule has 2 aliphatic heterocycles. The van der Waals surface area contributed by atoms with Gasteiger partial charge in [0.1, 0.15) is 22.8 Å². The lowest BCUT2D eigenvalue weighted by Gasteiger charge is -2.49. The number of nitrogens with zero attached hydrogens (tertiary/aromatic N) is 6. The van der Waals surface area contributed by atoms with Gasteiger partial charge < -0.3 is 36.9 Å². The Morgan fingerprint density at radius 3 is 2.62 bits per heavy atom. The van der Waals surface area contributed by atoms with Gasteiger partial charge in [0.25, 0.3) is 17.7 Å². The topological polar surface area (TPSA) is 285 Å². The van der Waals surface area contributed by atoms with E-state index in [2.05, 4.69) is 25.7 Å². The Balaban J connectivity index is 1.34. The average molecular weight is 680 g/mol. The number of nitrogen functional groups attached to an aromatic ring is 1. The van der Waals surface area contributed by atoms with Crippen LogP contribution in [-0.4, -0.2) is 96.5 Å². The quantitative estimate of drug-likeness (QED) is 0.0733. The number of pyridine rings is 1. The van der Waals surface area contributed by atoms with Crippen molar-refractivity contribution in [1.82, 2.24) is 40.0 Å². The molecule has 0 aromatic carbocycles. The molecule has 236 valence electrons. The van der Waals surface area contributed by atoms with E-state index >= 15 is 0 Å². The second-order valence-electron chi connectivity index (χ2n) is 9.36. The van der Waals surface area contributed by atoms with Crippen LogP contribution < -0.4 is 27.4 Å². The molecule has 2 aliphatic rings. The highest BCUT2D eigenvalue weighted by Crippen LogP contribution is 2.41. The first-order valence-electron chi connectivity index (χ1n) is 12.4. The maximum absolute atomic E-state index is 13.4. The fourth-order valence-electron chi connectivity index (χ4n) is 4.34. The summed E-state index contributed by atoms with van der Waals surface area (Å²) in [6.45, 7) is 0. The molecular weight excluding hydrogens is 659 g/mol. The summed E-state index contributed by atoms with van der Waals surface area (Å²) in [5.74, 6) is -5.65. The summed E-state index contributed by atoms with van der Waals surface area (Å²) in [4.78, 5) is 84.0. The zero-order chi connectivity index (χ0) is 32.7. The molecule has 19 nitrogen and oxygen atoms in total.